The van der Waals surface area contributed by atoms with Gasteiger partial charge in [-0.2, -0.15) is 10.2 Å². The standard InChI is InChI=1S/C7H12N2O2/c1-3-8-9-4-2-7(1)10-5-6-11-7/h1-6H2. The van der Waals surface area contributed by atoms with Crippen LogP contribution in [-0.2, 0) is 9.47 Å². The molecule has 11 heavy (non-hydrogen) atoms. The maximum Gasteiger partial charge on any atom is 0.172 e. The highest BCUT2D eigenvalue weighted by Gasteiger charge is 2.36. The highest BCUT2D eigenvalue weighted by Crippen LogP contribution is 2.28. The lowest BCUT2D eigenvalue weighted by atomic mass is 10.1. The Morgan fingerprint density at radius 3 is 2.00 bits per heavy atom. The molecule has 1 fully saturated rings. The van der Waals surface area contributed by atoms with Crippen LogP contribution in [0.25, 0.3) is 0 Å². The summed E-state index contributed by atoms with van der Waals surface area (Å²) in [6.07, 6.45) is 1.72. The predicted octanol–water partition coefficient (Wildman–Crippen LogP) is 0.976. The van der Waals surface area contributed by atoms with E-state index < -0.39 is 0 Å². The Morgan fingerprint density at radius 1 is 0.909 bits per heavy atom. The molecule has 0 atom stereocenters. The van der Waals surface area contributed by atoms with E-state index in [0.29, 0.717) is 0 Å². The minimum Gasteiger partial charge on any atom is -0.347 e. The van der Waals surface area contributed by atoms with Gasteiger partial charge in [-0.1, -0.05) is 0 Å². The van der Waals surface area contributed by atoms with Crippen molar-refractivity contribution in [1.82, 2.24) is 0 Å². The highest BCUT2D eigenvalue weighted by molar-refractivity contribution is 4.77. The molecule has 0 unspecified atom stereocenters. The molecule has 0 radical (unpaired) electrons. The maximum atomic E-state index is 5.52. The van der Waals surface area contributed by atoms with Crippen LogP contribution in [0.2, 0.25) is 0 Å². The van der Waals surface area contributed by atoms with Crippen molar-refractivity contribution >= 4 is 0 Å². The van der Waals surface area contributed by atoms with E-state index >= 15 is 0 Å². The van der Waals surface area contributed by atoms with Crippen LogP contribution in [0.5, 0.6) is 0 Å². The predicted molar refractivity (Wildman–Crippen MR) is 38.5 cm³/mol. The molecule has 0 bridgehead atoms. The fourth-order valence-electron chi connectivity index (χ4n) is 1.49. The molecule has 62 valence electrons. The van der Waals surface area contributed by atoms with Gasteiger partial charge in [0.15, 0.2) is 5.79 Å². The first-order valence-corrected chi connectivity index (χ1v) is 4.03. The van der Waals surface area contributed by atoms with Crippen molar-refractivity contribution in [3.63, 3.8) is 0 Å². The second-order valence-electron chi connectivity index (χ2n) is 2.84. The average Bonchev–Trinajstić information content (AvgIpc) is 2.32. The minimum absolute atomic E-state index is 0.330. The molecule has 2 rings (SSSR count). The van der Waals surface area contributed by atoms with E-state index in [9.17, 15) is 0 Å². The SMILES string of the molecule is C1CC2(CCN=N1)OCCO2. The number of nitrogens with zero attached hydrogens (tertiary/aromatic N) is 2. The largest absolute Gasteiger partial charge is 0.347 e. The van der Waals surface area contributed by atoms with E-state index in [2.05, 4.69) is 10.2 Å². The third-order valence-corrected chi connectivity index (χ3v) is 2.10. The van der Waals surface area contributed by atoms with Crippen LogP contribution >= 0.6 is 0 Å². The van der Waals surface area contributed by atoms with Crippen molar-refractivity contribution in [2.45, 2.75) is 18.6 Å². The Kier molecular flexibility index (Phi) is 1.87. The lowest BCUT2D eigenvalue weighted by Gasteiger charge is -2.23. The molecule has 1 spiro atoms. The molecule has 1 saturated heterocycles. The molecular weight excluding hydrogens is 144 g/mol. The van der Waals surface area contributed by atoms with Crippen molar-refractivity contribution in [2.24, 2.45) is 10.2 Å². The van der Waals surface area contributed by atoms with Crippen LogP contribution in [0.1, 0.15) is 12.8 Å². The monoisotopic (exact) mass is 156 g/mol. The van der Waals surface area contributed by atoms with Gasteiger partial charge in [-0.3, -0.25) is 0 Å². The molecule has 0 aromatic heterocycles. The van der Waals surface area contributed by atoms with Crippen molar-refractivity contribution in [2.75, 3.05) is 26.3 Å². The van der Waals surface area contributed by atoms with E-state index in [1.165, 1.54) is 0 Å². The van der Waals surface area contributed by atoms with Crippen molar-refractivity contribution in [3.05, 3.63) is 0 Å². The molecule has 0 aromatic carbocycles. The van der Waals surface area contributed by atoms with Crippen LogP contribution in [-0.4, -0.2) is 32.1 Å². The van der Waals surface area contributed by atoms with E-state index in [1.54, 1.807) is 0 Å². The highest BCUT2D eigenvalue weighted by atomic mass is 16.7. The van der Waals surface area contributed by atoms with Crippen molar-refractivity contribution < 1.29 is 9.47 Å². The summed E-state index contributed by atoms with van der Waals surface area (Å²) in [6.45, 7) is 2.92. The van der Waals surface area contributed by atoms with E-state index in [-0.39, 0.29) is 5.79 Å². The van der Waals surface area contributed by atoms with Gasteiger partial charge >= 0.3 is 0 Å². The third-order valence-electron chi connectivity index (χ3n) is 2.10. The summed E-state index contributed by atoms with van der Waals surface area (Å²) in [5.74, 6) is -0.330. The Hall–Kier alpha value is -0.480. The number of ether oxygens (including phenoxy) is 2. The fourth-order valence-corrected chi connectivity index (χ4v) is 1.49. The first kappa shape index (κ1) is 7.18. The van der Waals surface area contributed by atoms with Crippen LogP contribution in [0.4, 0.5) is 0 Å². The van der Waals surface area contributed by atoms with Gasteiger partial charge in [0, 0.05) is 12.8 Å². The topological polar surface area (TPSA) is 43.2 Å². The summed E-state index contributed by atoms with van der Waals surface area (Å²) < 4.78 is 11.0. The summed E-state index contributed by atoms with van der Waals surface area (Å²) in [6, 6.07) is 0. The second-order valence-corrected chi connectivity index (χ2v) is 2.84. The zero-order valence-electron chi connectivity index (χ0n) is 6.45. The zero-order chi connectivity index (χ0) is 7.57. The molecule has 0 saturated carbocycles. The van der Waals surface area contributed by atoms with E-state index in [0.717, 1.165) is 39.1 Å². The van der Waals surface area contributed by atoms with Crippen LogP contribution in [0.3, 0.4) is 0 Å². The molecule has 2 aliphatic rings. The van der Waals surface area contributed by atoms with Gasteiger partial charge in [0.25, 0.3) is 0 Å². The number of azo groups is 1. The summed E-state index contributed by atoms with van der Waals surface area (Å²) in [5.41, 5.74) is 0. The normalized spacial score (nSPS) is 29.1. The van der Waals surface area contributed by atoms with Crippen LogP contribution in [0, 0.1) is 0 Å². The molecule has 2 aliphatic heterocycles. The number of hydrogen-bond donors (Lipinski definition) is 0. The minimum atomic E-state index is -0.330. The van der Waals surface area contributed by atoms with Crippen LogP contribution in [0.15, 0.2) is 10.2 Å². The third kappa shape index (κ3) is 1.41. The number of rotatable bonds is 0. The molecule has 4 heteroatoms. The van der Waals surface area contributed by atoms with Gasteiger partial charge in [0.2, 0.25) is 0 Å². The molecule has 2 heterocycles. The summed E-state index contributed by atoms with van der Waals surface area (Å²) in [7, 11) is 0. The van der Waals surface area contributed by atoms with Crippen molar-refractivity contribution in [1.29, 1.82) is 0 Å². The van der Waals surface area contributed by atoms with Crippen LogP contribution < -0.4 is 0 Å². The molecule has 4 nitrogen and oxygen atoms in total. The fraction of sp³-hybridized carbons (Fsp3) is 1.00. The summed E-state index contributed by atoms with van der Waals surface area (Å²) >= 11 is 0. The lowest BCUT2D eigenvalue weighted by molar-refractivity contribution is -0.161. The number of hydrogen-bond acceptors (Lipinski definition) is 4. The Balaban J connectivity index is 2.01. The van der Waals surface area contributed by atoms with E-state index in [4.69, 9.17) is 9.47 Å². The van der Waals surface area contributed by atoms with Gasteiger partial charge in [0.1, 0.15) is 0 Å². The lowest BCUT2D eigenvalue weighted by Crippen LogP contribution is -2.31. The molecular formula is C7H12N2O2. The van der Waals surface area contributed by atoms with Gasteiger partial charge in [-0.25, -0.2) is 0 Å². The second kappa shape index (κ2) is 2.87. The quantitative estimate of drug-likeness (QED) is 0.524. The van der Waals surface area contributed by atoms with Gasteiger partial charge in [-0.15, -0.1) is 0 Å². The van der Waals surface area contributed by atoms with Gasteiger partial charge < -0.3 is 9.47 Å². The van der Waals surface area contributed by atoms with E-state index in [1.807, 2.05) is 0 Å². The molecule has 0 aliphatic carbocycles. The molecule has 0 amide bonds. The average molecular weight is 156 g/mol. The Bertz CT molecular complexity index is 152. The van der Waals surface area contributed by atoms with Gasteiger partial charge in [0.05, 0.1) is 26.3 Å². The first-order valence-electron chi connectivity index (χ1n) is 4.03. The maximum absolute atomic E-state index is 5.52. The Morgan fingerprint density at radius 2 is 1.45 bits per heavy atom. The molecule has 0 N–H and O–H groups in total. The smallest absolute Gasteiger partial charge is 0.172 e. The van der Waals surface area contributed by atoms with Gasteiger partial charge in [-0.05, 0) is 0 Å². The zero-order valence-corrected chi connectivity index (χ0v) is 6.45. The first-order chi connectivity index (χ1) is 5.41. The summed E-state index contributed by atoms with van der Waals surface area (Å²) in [5, 5.41) is 7.91. The van der Waals surface area contributed by atoms with Crippen molar-refractivity contribution in [3.8, 4) is 0 Å². The Labute approximate surface area is 65.6 Å². The summed E-state index contributed by atoms with van der Waals surface area (Å²) in [4.78, 5) is 0. The molecule has 0 aromatic rings.